The highest BCUT2D eigenvalue weighted by molar-refractivity contribution is 6.36. The molecule has 4 rings (SSSR count). The third-order valence-corrected chi connectivity index (χ3v) is 4.35. The first-order valence-electron chi connectivity index (χ1n) is 6.97. The Bertz CT molecular complexity index is 1070. The second-order valence-electron chi connectivity index (χ2n) is 5.44. The Morgan fingerprint density at radius 1 is 0.773 bits per heavy atom. The molecule has 1 amide bonds. The van der Waals surface area contributed by atoms with Gasteiger partial charge in [0, 0.05) is 16.0 Å². The molecule has 0 aromatic heterocycles. The molecule has 0 atom stereocenters. The highest BCUT2D eigenvalue weighted by Gasteiger charge is 2.06. The summed E-state index contributed by atoms with van der Waals surface area (Å²) in [4.78, 5) is 11.3. The number of carbonyl (C=O) groups excluding carboxylic acids is 1. The predicted molar refractivity (Wildman–Crippen MR) is 92.5 cm³/mol. The predicted octanol–water partition coefficient (Wildman–Crippen LogP) is 4.90. The summed E-state index contributed by atoms with van der Waals surface area (Å²) in [5.41, 5.74) is 5.88. The lowest BCUT2D eigenvalue weighted by molar-refractivity contribution is 0.100. The number of primary amides is 1. The summed E-state index contributed by atoms with van der Waals surface area (Å²) < 4.78 is 0. The molecule has 4 aromatic rings. The van der Waals surface area contributed by atoms with E-state index in [4.69, 9.17) is 17.3 Å². The van der Waals surface area contributed by atoms with Crippen LogP contribution in [0.5, 0.6) is 0 Å². The molecule has 0 fully saturated rings. The number of rotatable bonds is 1. The van der Waals surface area contributed by atoms with E-state index in [0.29, 0.717) is 5.56 Å². The maximum Gasteiger partial charge on any atom is 0.248 e. The van der Waals surface area contributed by atoms with Gasteiger partial charge in [-0.05, 0) is 69.4 Å². The van der Waals surface area contributed by atoms with E-state index < -0.39 is 5.91 Å². The number of carbonyl (C=O) groups is 1. The van der Waals surface area contributed by atoms with Crippen LogP contribution in [0.2, 0.25) is 5.02 Å². The van der Waals surface area contributed by atoms with Crippen LogP contribution < -0.4 is 5.73 Å². The van der Waals surface area contributed by atoms with Crippen LogP contribution in [0, 0.1) is 0 Å². The normalized spacial score (nSPS) is 11.3. The van der Waals surface area contributed by atoms with Gasteiger partial charge in [0.05, 0.1) is 0 Å². The zero-order valence-corrected chi connectivity index (χ0v) is 12.4. The van der Waals surface area contributed by atoms with E-state index in [1.165, 1.54) is 0 Å². The minimum atomic E-state index is -0.410. The van der Waals surface area contributed by atoms with Crippen molar-refractivity contribution >= 4 is 49.8 Å². The molecule has 0 aliphatic rings. The standard InChI is InChI=1S/C19H12ClNO/c20-18-3-1-2-12-7-15-9-14-8-13(19(21)22)5-4-11(14)6-16(15)10-17(12)18/h1-10H,(H2,21,22). The fourth-order valence-corrected chi connectivity index (χ4v) is 3.13. The molecule has 0 bridgehead atoms. The third kappa shape index (κ3) is 2.00. The Kier molecular flexibility index (Phi) is 2.81. The molecule has 22 heavy (non-hydrogen) atoms. The molecule has 0 aliphatic carbocycles. The van der Waals surface area contributed by atoms with E-state index in [2.05, 4.69) is 24.3 Å². The molecule has 4 aromatic carbocycles. The van der Waals surface area contributed by atoms with Crippen LogP contribution in [-0.2, 0) is 0 Å². The summed E-state index contributed by atoms with van der Waals surface area (Å²) in [6.07, 6.45) is 0. The van der Waals surface area contributed by atoms with Crippen LogP contribution in [-0.4, -0.2) is 5.91 Å². The molecule has 0 heterocycles. The van der Waals surface area contributed by atoms with Gasteiger partial charge in [0.2, 0.25) is 5.91 Å². The van der Waals surface area contributed by atoms with Gasteiger partial charge in [0.15, 0.2) is 0 Å². The van der Waals surface area contributed by atoms with Crippen molar-refractivity contribution in [3.05, 3.63) is 71.2 Å². The smallest absolute Gasteiger partial charge is 0.248 e. The average Bonchev–Trinajstić information content (AvgIpc) is 2.51. The fraction of sp³-hybridized carbons (Fsp3) is 0. The summed E-state index contributed by atoms with van der Waals surface area (Å²) >= 11 is 6.28. The van der Waals surface area contributed by atoms with Gasteiger partial charge in [-0.3, -0.25) is 4.79 Å². The average molecular weight is 306 g/mol. The van der Waals surface area contributed by atoms with Crippen LogP contribution >= 0.6 is 11.6 Å². The van der Waals surface area contributed by atoms with Crippen LogP contribution in [0.25, 0.3) is 32.3 Å². The molecule has 0 aliphatic heterocycles. The number of hydrogen-bond donors (Lipinski definition) is 1. The van der Waals surface area contributed by atoms with Gasteiger partial charge in [-0.1, -0.05) is 29.8 Å². The van der Waals surface area contributed by atoms with Crippen molar-refractivity contribution in [2.75, 3.05) is 0 Å². The van der Waals surface area contributed by atoms with E-state index in [0.717, 1.165) is 37.3 Å². The van der Waals surface area contributed by atoms with Crippen molar-refractivity contribution in [2.45, 2.75) is 0 Å². The van der Waals surface area contributed by atoms with Crippen molar-refractivity contribution < 1.29 is 4.79 Å². The van der Waals surface area contributed by atoms with Gasteiger partial charge in [0.25, 0.3) is 0 Å². The Balaban J connectivity index is 2.08. The summed E-state index contributed by atoms with van der Waals surface area (Å²) in [6, 6.07) is 19.8. The Labute approximate surface area is 132 Å². The summed E-state index contributed by atoms with van der Waals surface area (Å²) in [6.45, 7) is 0. The molecule has 2 nitrogen and oxygen atoms in total. The Hall–Kier alpha value is -2.58. The number of halogens is 1. The second kappa shape index (κ2) is 4.72. The van der Waals surface area contributed by atoms with Crippen molar-refractivity contribution in [3.8, 4) is 0 Å². The Morgan fingerprint density at radius 3 is 2.27 bits per heavy atom. The second-order valence-corrected chi connectivity index (χ2v) is 5.85. The number of fused-ring (bicyclic) bond motifs is 3. The monoisotopic (exact) mass is 305 g/mol. The van der Waals surface area contributed by atoms with Gasteiger partial charge in [-0.2, -0.15) is 0 Å². The molecule has 2 N–H and O–H groups in total. The Morgan fingerprint density at radius 2 is 1.45 bits per heavy atom. The van der Waals surface area contributed by atoms with Crippen molar-refractivity contribution in [3.63, 3.8) is 0 Å². The summed E-state index contributed by atoms with van der Waals surface area (Å²) in [5.74, 6) is -0.410. The van der Waals surface area contributed by atoms with Gasteiger partial charge in [-0.15, -0.1) is 0 Å². The van der Waals surface area contributed by atoms with E-state index in [-0.39, 0.29) is 0 Å². The van der Waals surface area contributed by atoms with Gasteiger partial charge >= 0.3 is 0 Å². The largest absolute Gasteiger partial charge is 0.366 e. The SMILES string of the molecule is NC(=O)c1ccc2cc3cc4c(Cl)cccc4cc3cc2c1. The summed E-state index contributed by atoms with van der Waals surface area (Å²) in [5, 5.41) is 7.22. The molecule has 0 radical (unpaired) electrons. The van der Waals surface area contributed by atoms with Crippen molar-refractivity contribution in [1.82, 2.24) is 0 Å². The van der Waals surface area contributed by atoms with Crippen molar-refractivity contribution in [2.24, 2.45) is 5.73 Å². The maximum absolute atomic E-state index is 11.3. The minimum absolute atomic E-state index is 0.410. The van der Waals surface area contributed by atoms with Crippen LogP contribution in [0.15, 0.2) is 60.7 Å². The number of hydrogen-bond acceptors (Lipinski definition) is 1. The van der Waals surface area contributed by atoms with Gasteiger partial charge in [0.1, 0.15) is 0 Å². The molecular weight excluding hydrogens is 294 g/mol. The highest BCUT2D eigenvalue weighted by Crippen LogP contribution is 2.31. The van der Waals surface area contributed by atoms with E-state index in [1.807, 2.05) is 30.3 Å². The minimum Gasteiger partial charge on any atom is -0.366 e. The molecule has 0 saturated heterocycles. The van der Waals surface area contributed by atoms with Crippen LogP contribution in [0.3, 0.4) is 0 Å². The van der Waals surface area contributed by atoms with E-state index in [1.54, 1.807) is 6.07 Å². The maximum atomic E-state index is 11.3. The molecule has 0 saturated carbocycles. The first-order chi connectivity index (χ1) is 10.6. The first-order valence-corrected chi connectivity index (χ1v) is 7.35. The quantitative estimate of drug-likeness (QED) is 0.499. The zero-order chi connectivity index (χ0) is 15.3. The van der Waals surface area contributed by atoms with Crippen LogP contribution in [0.4, 0.5) is 0 Å². The molecule has 0 unspecified atom stereocenters. The summed E-state index contributed by atoms with van der Waals surface area (Å²) in [7, 11) is 0. The topological polar surface area (TPSA) is 43.1 Å². The molecular formula is C19H12ClNO. The lowest BCUT2D eigenvalue weighted by Gasteiger charge is -2.07. The molecule has 3 heteroatoms. The molecule has 106 valence electrons. The van der Waals surface area contributed by atoms with Crippen LogP contribution in [0.1, 0.15) is 10.4 Å². The molecule has 0 spiro atoms. The van der Waals surface area contributed by atoms with E-state index in [9.17, 15) is 4.79 Å². The first kappa shape index (κ1) is 13.1. The lowest BCUT2D eigenvalue weighted by atomic mass is 9.98. The van der Waals surface area contributed by atoms with Gasteiger partial charge < -0.3 is 5.73 Å². The van der Waals surface area contributed by atoms with Crippen molar-refractivity contribution in [1.29, 1.82) is 0 Å². The third-order valence-electron chi connectivity index (χ3n) is 4.02. The number of benzene rings is 4. The van der Waals surface area contributed by atoms with E-state index >= 15 is 0 Å². The van der Waals surface area contributed by atoms with Gasteiger partial charge in [-0.25, -0.2) is 0 Å². The lowest BCUT2D eigenvalue weighted by Crippen LogP contribution is -2.10. The highest BCUT2D eigenvalue weighted by atomic mass is 35.5. The number of nitrogens with two attached hydrogens (primary N) is 1. The zero-order valence-electron chi connectivity index (χ0n) is 11.6. The number of amides is 1. The fourth-order valence-electron chi connectivity index (χ4n) is 2.89.